The average Bonchev–Trinajstić information content (AvgIpc) is 2.42. The van der Waals surface area contributed by atoms with E-state index in [1.54, 1.807) is 16.8 Å². The summed E-state index contributed by atoms with van der Waals surface area (Å²) < 4.78 is 2.60. The number of carbonyl (C=O) groups is 1. The number of halogens is 1. The number of carboxylic acid groups (broad SMARTS) is 1. The van der Waals surface area contributed by atoms with Crippen LogP contribution in [0.15, 0.2) is 16.7 Å². The minimum atomic E-state index is -0.824. The van der Waals surface area contributed by atoms with Gasteiger partial charge in [-0.1, -0.05) is 13.8 Å². The predicted molar refractivity (Wildman–Crippen MR) is 62.9 cm³/mol. The summed E-state index contributed by atoms with van der Waals surface area (Å²) in [7, 11) is 0. The highest BCUT2D eigenvalue weighted by molar-refractivity contribution is 9.10. The summed E-state index contributed by atoms with van der Waals surface area (Å²) in [6, 6.07) is 3.80. The molecule has 4 nitrogen and oxygen atoms in total. The lowest BCUT2D eigenvalue weighted by molar-refractivity contribution is -0.139. The second kappa shape index (κ2) is 4.71. The maximum atomic E-state index is 10.7. The molecule has 0 saturated carbocycles. The van der Waals surface area contributed by atoms with Crippen molar-refractivity contribution >= 4 is 21.9 Å². The lowest BCUT2D eigenvalue weighted by atomic mass is 9.89. The Morgan fingerprint density at radius 2 is 2.31 bits per heavy atom. The van der Waals surface area contributed by atoms with E-state index in [2.05, 4.69) is 22.0 Å². The third-order valence-corrected chi connectivity index (χ3v) is 2.64. The van der Waals surface area contributed by atoms with Gasteiger partial charge in [0, 0.05) is 17.2 Å². The number of carboxylic acids is 1. The van der Waals surface area contributed by atoms with E-state index in [1.165, 1.54) is 0 Å². The highest BCUT2D eigenvalue weighted by Gasteiger charge is 2.23. The van der Waals surface area contributed by atoms with Gasteiger partial charge in [-0.2, -0.15) is 5.26 Å². The summed E-state index contributed by atoms with van der Waals surface area (Å²) in [5.41, 5.74) is 0.154. The number of aliphatic carboxylic acids is 1. The molecule has 1 aromatic rings. The Labute approximate surface area is 103 Å². The Bertz CT molecular complexity index is 443. The maximum absolute atomic E-state index is 10.7. The molecule has 0 unspecified atom stereocenters. The molecule has 86 valence electrons. The van der Waals surface area contributed by atoms with Crippen molar-refractivity contribution in [3.05, 3.63) is 22.4 Å². The molecule has 0 radical (unpaired) electrons. The van der Waals surface area contributed by atoms with Gasteiger partial charge in [-0.25, -0.2) is 0 Å². The SMILES string of the molecule is CC(C)(CC(=O)O)Cn1cc(Br)cc1C#N. The van der Waals surface area contributed by atoms with Gasteiger partial charge >= 0.3 is 5.97 Å². The molecule has 0 fully saturated rings. The first-order valence-electron chi connectivity index (χ1n) is 4.82. The predicted octanol–water partition coefficient (Wildman–Crippen LogP) is 2.62. The van der Waals surface area contributed by atoms with Crippen molar-refractivity contribution < 1.29 is 9.90 Å². The number of nitrogens with zero attached hydrogens (tertiary/aromatic N) is 2. The molecule has 1 rings (SSSR count). The summed E-state index contributed by atoms with van der Waals surface area (Å²) in [5, 5.41) is 17.7. The second-order valence-corrected chi connectivity index (χ2v) is 5.43. The Morgan fingerprint density at radius 1 is 1.69 bits per heavy atom. The van der Waals surface area contributed by atoms with E-state index in [0.29, 0.717) is 12.2 Å². The molecule has 0 spiro atoms. The van der Waals surface area contributed by atoms with Crippen LogP contribution in [0.5, 0.6) is 0 Å². The molecule has 16 heavy (non-hydrogen) atoms. The third-order valence-electron chi connectivity index (χ3n) is 2.21. The monoisotopic (exact) mass is 284 g/mol. The summed E-state index contributed by atoms with van der Waals surface area (Å²) in [5.74, 6) is -0.824. The molecular formula is C11H13BrN2O2. The molecule has 0 aliphatic heterocycles. The lowest BCUT2D eigenvalue weighted by Crippen LogP contribution is -2.23. The van der Waals surface area contributed by atoms with Crippen molar-refractivity contribution in [2.45, 2.75) is 26.8 Å². The molecule has 1 heterocycles. The standard InChI is InChI=1S/C11H13BrN2O2/c1-11(2,4-10(15)16)7-14-6-8(12)3-9(14)5-13/h3,6H,4,7H2,1-2H3,(H,15,16). The highest BCUT2D eigenvalue weighted by Crippen LogP contribution is 2.25. The number of hydrogen-bond acceptors (Lipinski definition) is 2. The molecule has 0 aromatic carbocycles. The van der Waals surface area contributed by atoms with Crippen molar-refractivity contribution in [1.29, 1.82) is 5.26 Å². The fourth-order valence-corrected chi connectivity index (χ4v) is 2.09. The van der Waals surface area contributed by atoms with E-state index in [-0.39, 0.29) is 11.8 Å². The molecule has 0 aliphatic rings. The zero-order valence-corrected chi connectivity index (χ0v) is 10.8. The van der Waals surface area contributed by atoms with Crippen molar-refractivity contribution in [2.24, 2.45) is 5.41 Å². The first kappa shape index (κ1) is 12.8. The normalized spacial score (nSPS) is 11.1. The van der Waals surface area contributed by atoms with E-state index in [4.69, 9.17) is 10.4 Å². The van der Waals surface area contributed by atoms with E-state index < -0.39 is 5.97 Å². The van der Waals surface area contributed by atoms with Crippen LogP contribution >= 0.6 is 15.9 Å². The molecule has 0 aliphatic carbocycles. The Kier molecular flexibility index (Phi) is 3.76. The van der Waals surface area contributed by atoms with Gasteiger partial charge in [0.25, 0.3) is 0 Å². The summed E-state index contributed by atoms with van der Waals surface area (Å²) in [4.78, 5) is 10.7. The summed E-state index contributed by atoms with van der Waals surface area (Å²) in [6.45, 7) is 4.25. The van der Waals surface area contributed by atoms with E-state index in [9.17, 15) is 4.79 Å². The first-order valence-corrected chi connectivity index (χ1v) is 5.61. The van der Waals surface area contributed by atoms with Crippen molar-refractivity contribution in [3.8, 4) is 6.07 Å². The van der Waals surface area contributed by atoms with Crippen molar-refractivity contribution in [3.63, 3.8) is 0 Å². The van der Waals surface area contributed by atoms with Crippen LogP contribution in [0, 0.1) is 16.7 Å². The maximum Gasteiger partial charge on any atom is 0.303 e. The third kappa shape index (κ3) is 3.38. The fourth-order valence-electron chi connectivity index (χ4n) is 1.62. The van der Waals surface area contributed by atoms with Crippen LogP contribution in [0.25, 0.3) is 0 Å². The van der Waals surface area contributed by atoms with Crippen LogP contribution in [0.2, 0.25) is 0 Å². The molecule has 5 heteroatoms. The summed E-state index contributed by atoms with van der Waals surface area (Å²) in [6.07, 6.45) is 1.87. The molecule has 0 saturated heterocycles. The van der Waals surface area contributed by atoms with Gasteiger partial charge in [0.15, 0.2) is 0 Å². The number of rotatable bonds is 4. The van der Waals surface area contributed by atoms with Crippen LogP contribution in [0.3, 0.4) is 0 Å². The molecule has 1 N–H and O–H groups in total. The molecular weight excluding hydrogens is 272 g/mol. The highest BCUT2D eigenvalue weighted by atomic mass is 79.9. The van der Waals surface area contributed by atoms with E-state index in [0.717, 1.165) is 4.47 Å². The van der Waals surface area contributed by atoms with Gasteiger partial charge in [0.2, 0.25) is 0 Å². The smallest absolute Gasteiger partial charge is 0.303 e. The fraction of sp³-hybridized carbons (Fsp3) is 0.455. The van der Waals surface area contributed by atoms with Crippen LogP contribution in [-0.2, 0) is 11.3 Å². The quantitative estimate of drug-likeness (QED) is 0.924. The van der Waals surface area contributed by atoms with E-state index in [1.807, 2.05) is 13.8 Å². The largest absolute Gasteiger partial charge is 0.481 e. The lowest BCUT2D eigenvalue weighted by Gasteiger charge is -2.23. The van der Waals surface area contributed by atoms with Crippen molar-refractivity contribution in [1.82, 2.24) is 4.57 Å². The average molecular weight is 285 g/mol. The minimum absolute atomic E-state index is 0.0771. The number of aromatic nitrogens is 1. The molecule has 0 bridgehead atoms. The molecule has 1 aromatic heterocycles. The number of hydrogen-bond donors (Lipinski definition) is 1. The molecule has 0 amide bonds. The van der Waals surface area contributed by atoms with Crippen LogP contribution in [0.4, 0.5) is 0 Å². The van der Waals surface area contributed by atoms with Gasteiger partial charge in [-0.05, 0) is 27.4 Å². The van der Waals surface area contributed by atoms with Gasteiger partial charge < -0.3 is 9.67 Å². The van der Waals surface area contributed by atoms with Gasteiger partial charge in [0.05, 0.1) is 6.42 Å². The number of nitriles is 1. The van der Waals surface area contributed by atoms with Crippen LogP contribution in [-0.4, -0.2) is 15.6 Å². The zero-order chi connectivity index (χ0) is 12.3. The molecule has 0 atom stereocenters. The van der Waals surface area contributed by atoms with Crippen LogP contribution in [0.1, 0.15) is 26.0 Å². The van der Waals surface area contributed by atoms with Crippen LogP contribution < -0.4 is 0 Å². The summed E-state index contributed by atoms with van der Waals surface area (Å²) >= 11 is 3.29. The minimum Gasteiger partial charge on any atom is -0.481 e. The first-order chi connectivity index (χ1) is 7.34. The van der Waals surface area contributed by atoms with Gasteiger partial charge in [0.1, 0.15) is 11.8 Å². The second-order valence-electron chi connectivity index (χ2n) is 4.52. The van der Waals surface area contributed by atoms with Gasteiger partial charge in [-0.15, -0.1) is 0 Å². The van der Waals surface area contributed by atoms with E-state index >= 15 is 0 Å². The Hall–Kier alpha value is -1.28. The topological polar surface area (TPSA) is 66.0 Å². The van der Waals surface area contributed by atoms with Gasteiger partial charge in [-0.3, -0.25) is 4.79 Å². The Morgan fingerprint density at radius 3 is 2.81 bits per heavy atom. The zero-order valence-electron chi connectivity index (χ0n) is 9.20. The van der Waals surface area contributed by atoms with Crippen molar-refractivity contribution in [2.75, 3.05) is 0 Å². The Balaban J connectivity index is 2.87.